The first-order valence-corrected chi connectivity index (χ1v) is 8.30. The van der Waals surface area contributed by atoms with Gasteiger partial charge in [-0.2, -0.15) is 0 Å². The number of aromatic nitrogens is 3. The first-order chi connectivity index (χ1) is 10.5. The van der Waals surface area contributed by atoms with E-state index < -0.39 is 0 Å². The Bertz CT molecular complexity index is 599. The van der Waals surface area contributed by atoms with Gasteiger partial charge in [0.1, 0.15) is 12.9 Å². The molecule has 0 aliphatic heterocycles. The number of nitrogens with one attached hydrogen (secondary N) is 2. The van der Waals surface area contributed by atoms with Crippen LogP contribution in [0.5, 0.6) is 0 Å². The SMILES string of the molecule is CCNC(=NCc1nncn1C)NCC(C)(C)c1cccs1. The molecule has 2 aromatic heterocycles. The van der Waals surface area contributed by atoms with Gasteiger partial charge in [-0.05, 0) is 18.4 Å². The van der Waals surface area contributed by atoms with Crippen molar-refractivity contribution < 1.29 is 0 Å². The fourth-order valence-corrected chi connectivity index (χ4v) is 2.85. The maximum absolute atomic E-state index is 4.58. The van der Waals surface area contributed by atoms with Crippen molar-refractivity contribution in [3.05, 3.63) is 34.5 Å². The van der Waals surface area contributed by atoms with Crippen molar-refractivity contribution in [3.8, 4) is 0 Å². The van der Waals surface area contributed by atoms with Gasteiger partial charge in [-0.1, -0.05) is 19.9 Å². The van der Waals surface area contributed by atoms with Crippen molar-refractivity contribution in [1.29, 1.82) is 0 Å². The van der Waals surface area contributed by atoms with E-state index in [0.29, 0.717) is 6.54 Å². The zero-order chi connectivity index (χ0) is 16.0. The minimum Gasteiger partial charge on any atom is -0.357 e. The summed E-state index contributed by atoms with van der Waals surface area (Å²) < 4.78 is 1.88. The summed E-state index contributed by atoms with van der Waals surface area (Å²) in [4.78, 5) is 5.94. The molecular weight excluding hydrogens is 296 g/mol. The minimum absolute atomic E-state index is 0.0646. The number of aliphatic imine (C=N–C) groups is 1. The Labute approximate surface area is 135 Å². The van der Waals surface area contributed by atoms with Gasteiger partial charge in [-0.25, -0.2) is 4.99 Å². The molecule has 120 valence electrons. The molecule has 0 radical (unpaired) electrons. The van der Waals surface area contributed by atoms with Crippen LogP contribution in [0.3, 0.4) is 0 Å². The van der Waals surface area contributed by atoms with Crippen molar-refractivity contribution in [1.82, 2.24) is 25.4 Å². The van der Waals surface area contributed by atoms with Crippen LogP contribution in [0.2, 0.25) is 0 Å². The molecule has 2 heterocycles. The number of aryl methyl sites for hydroxylation is 1. The summed E-state index contributed by atoms with van der Waals surface area (Å²) in [5.41, 5.74) is 0.0646. The van der Waals surface area contributed by atoms with Gasteiger partial charge in [0.2, 0.25) is 0 Å². The Kier molecular flexibility index (Phi) is 5.54. The summed E-state index contributed by atoms with van der Waals surface area (Å²) in [6, 6.07) is 4.27. The molecule has 0 amide bonds. The molecule has 6 nitrogen and oxygen atoms in total. The van der Waals surface area contributed by atoms with E-state index in [4.69, 9.17) is 0 Å². The molecule has 0 fully saturated rings. The summed E-state index contributed by atoms with van der Waals surface area (Å²) in [6.07, 6.45) is 1.69. The molecule has 0 saturated carbocycles. The van der Waals surface area contributed by atoms with E-state index in [1.165, 1.54) is 4.88 Å². The number of hydrogen-bond donors (Lipinski definition) is 2. The summed E-state index contributed by atoms with van der Waals surface area (Å²) in [7, 11) is 1.92. The Morgan fingerprint density at radius 2 is 2.23 bits per heavy atom. The van der Waals surface area contributed by atoms with E-state index in [0.717, 1.165) is 24.9 Å². The molecule has 2 aromatic rings. The summed E-state index contributed by atoms with van der Waals surface area (Å²) in [5.74, 6) is 1.64. The predicted molar refractivity (Wildman–Crippen MR) is 91.2 cm³/mol. The molecular formula is C15H24N6S. The zero-order valence-electron chi connectivity index (χ0n) is 13.6. The lowest BCUT2D eigenvalue weighted by atomic mass is 9.91. The highest BCUT2D eigenvalue weighted by Gasteiger charge is 2.21. The number of rotatable bonds is 6. The number of guanidine groups is 1. The van der Waals surface area contributed by atoms with Gasteiger partial charge >= 0.3 is 0 Å². The summed E-state index contributed by atoms with van der Waals surface area (Å²) in [5, 5.41) is 16.7. The van der Waals surface area contributed by atoms with Crippen LogP contribution >= 0.6 is 11.3 Å². The van der Waals surface area contributed by atoms with Crippen molar-refractivity contribution in [2.45, 2.75) is 32.7 Å². The molecule has 0 aromatic carbocycles. The van der Waals surface area contributed by atoms with Gasteiger partial charge in [0.15, 0.2) is 11.8 Å². The van der Waals surface area contributed by atoms with Gasteiger partial charge < -0.3 is 15.2 Å². The first kappa shape index (κ1) is 16.5. The highest BCUT2D eigenvalue weighted by Crippen LogP contribution is 2.26. The highest BCUT2D eigenvalue weighted by molar-refractivity contribution is 7.10. The number of hydrogen-bond acceptors (Lipinski definition) is 4. The monoisotopic (exact) mass is 320 g/mol. The molecule has 0 spiro atoms. The molecule has 0 aliphatic rings. The van der Waals surface area contributed by atoms with Crippen LogP contribution in [0.25, 0.3) is 0 Å². The Hall–Kier alpha value is -1.89. The van der Waals surface area contributed by atoms with Gasteiger partial charge in [0, 0.05) is 30.4 Å². The molecule has 2 N–H and O–H groups in total. The van der Waals surface area contributed by atoms with Crippen LogP contribution in [-0.4, -0.2) is 33.8 Å². The predicted octanol–water partition coefficient (Wildman–Crippen LogP) is 1.91. The smallest absolute Gasteiger partial charge is 0.191 e. The van der Waals surface area contributed by atoms with Crippen molar-refractivity contribution in [2.24, 2.45) is 12.0 Å². The van der Waals surface area contributed by atoms with E-state index >= 15 is 0 Å². The van der Waals surface area contributed by atoms with Crippen molar-refractivity contribution in [3.63, 3.8) is 0 Å². The molecule has 0 atom stereocenters. The number of thiophene rings is 1. The highest BCUT2D eigenvalue weighted by atomic mass is 32.1. The van der Waals surface area contributed by atoms with Gasteiger partial charge in [-0.15, -0.1) is 21.5 Å². The molecule has 0 unspecified atom stereocenters. The van der Waals surface area contributed by atoms with Crippen LogP contribution in [0.1, 0.15) is 31.5 Å². The maximum Gasteiger partial charge on any atom is 0.191 e. The van der Waals surface area contributed by atoms with Crippen LogP contribution in [0.15, 0.2) is 28.8 Å². The quantitative estimate of drug-likeness (QED) is 0.630. The lowest BCUT2D eigenvalue weighted by Crippen LogP contribution is -2.43. The largest absolute Gasteiger partial charge is 0.357 e. The standard InChI is InChI=1S/C15H24N6S/c1-5-16-14(17-9-13-20-19-11-21(13)4)18-10-15(2,3)12-7-6-8-22-12/h6-8,11H,5,9-10H2,1-4H3,(H2,16,17,18). The fourth-order valence-electron chi connectivity index (χ4n) is 2.00. The maximum atomic E-state index is 4.58. The Balaban J connectivity index is 1.98. The lowest BCUT2D eigenvalue weighted by Gasteiger charge is -2.25. The minimum atomic E-state index is 0.0646. The molecule has 2 rings (SSSR count). The molecule has 0 bridgehead atoms. The van der Waals surface area contributed by atoms with Gasteiger partial charge in [0.25, 0.3) is 0 Å². The first-order valence-electron chi connectivity index (χ1n) is 7.42. The average Bonchev–Trinajstić information content (AvgIpc) is 3.14. The van der Waals surface area contributed by atoms with Gasteiger partial charge in [0.05, 0.1) is 0 Å². The van der Waals surface area contributed by atoms with Gasteiger partial charge in [-0.3, -0.25) is 0 Å². The van der Waals surface area contributed by atoms with E-state index in [9.17, 15) is 0 Å². The zero-order valence-corrected chi connectivity index (χ0v) is 14.4. The normalized spacial score (nSPS) is 12.5. The van der Waals surface area contributed by atoms with E-state index in [2.05, 4.69) is 64.1 Å². The average molecular weight is 320 g/mol. The van der Waals surface area contributed by atoms with Crippen molar-refractivity contribution in [2.75, 3.05) is 13.1 Å². The van der Waals surface area contributed by atoms with E-state index in [-0.39, 0.29) is 5.41 Å². The van der Waals surface area contributed by atoms with E-state index in [1.54, 1.807) is 17.7 Å². The van der Waals surface area contributed by atoms with Crippen LogP contribution in [-0.2, 0) is 19.0 Å². The topological polar surface area (TPSA) is 67.1 Å². The fraction of sp³-hybridized carbons (Fsp3) is 0.533. The van der Waals surface area contributed by atoms with E-state index in [1.807, 2.05) is 11.6 Å². The van der Waals surface area contributed by atoms with Crippen LogP contribution < -0.4 is 10.6 Å². The van der Waals surface area contributed by atoms with Crippen LogP contribution in [0.4, 0.5) is 0 Å². The summed E-state index contributed by atoms with van der Waals surface area (Å²) >= 11 is 1.79. The molecule has 22 heavy (non-hydrogen) atoms. The van der Waals surface area contributed by atoms with Crippen molar-refractivity contribution >= 4 is 17.3 Å². The third kappa shape index (κ3) is 4.30. The molecule has 7 heteroatoms. The Morgan fingerprint density at radius 3 is 2.82 bits per heavy atom. The molecule has 0 aliphatic carbocycles. The number of nitrogens with zero attached hydrogens (tertiary/aromatic N) is 4. The summed E-state index contributed by atoms with van der Waals surface area (Å²) in [6.45, 7) is 8.67. The second kappa shape index (κ2) is 7.40. The third-order valence-electron chi connectivity index (χ3n) is 3.41. The van der Waals surface area contributed by atoms with Crippen LogP contribution in [0, 0.1) is 0 Å². The third-order valence-corrected chi connectivity index (χ3v) is 4.65. The Morgan fingerprint density at radius 1 is 1.41 bits per heavy atom. The second-order valence-corrected chi connectivity index (χ2v) is 6.72. The second-order valence-electron chi connectivity index (χ2n) is 5.77. The lowest BCUT2D eigenvalue weighted by molar-refractivity contribution is 0.518. The molecule has 0 saturated heterocycles.